The second-order valence-electron chi connectivity index (χ2n) is 6.49. The lowest BCUT2D eigenvalue weighted by molar-refractivity contribution is -0.121. The maximum atomic E-state index is 12.0. The van der Waals surface area contributed by atoms with E-state index < -0.39 is 12.1 Å². The average molecular weight is 390 g/mol. The number of carbonyl (C=O) groups excluding carboxylic acids is 4. The van der Waals surface area contributed by atoms with Gasteiger partial charge in [0.15, 0.2) is 0 Å². The topological polar surface area (TPSA) is 117 Å². The van der Waals surface area contributed by atoms with E-state index in [2.05, 4.69) is 16.0 Å². The maximum Gasteiger partial charge on any atom is 0.406 e. The van der Waals surface area contributed by atoms with Crippen LogP contribution in [-0.2, 0) is 20.9 Å². The molecule has 1 saturated heterocycles. The van der Waals surface area contributed by atoms with Crippen molar-refractivity contribution in [2.45, 2.75) is 39.2 Å². The van der Waals surface area contributed by atoms with Crippen molar-refractivity contribution in [3.8, 4) is 0 Å². The van der Waals surface area contributed by atoms with Crippen molar-refractivity contribution in [1.29, 1.82) is 0 Å². The summed E-state index contributed by atoms with van der Waals surface area (Å²) in [6.07, 6.45) is 1.34. The number of benzene rings is 1. The molecule has 0 radical (unpaired) electrons. The molecule has 0 bridgehead atoms. The van der Waals surface area contributed by atoms with Crippen molar-refractivity contribution in [3.05, 3.63) is 29.3 Å². The number of carbonyl (C=O) groups is 4. The minimum absolute atomic E-state index is 0.0916. The number of hydrogen-bond acceptors (Lipinski definition) is 5. The number of nitrogens with one attached hydrogen (secondary N) is 3. The molecule has 1 fully saturated rings. The Bertz CT molecular complexity index is 750. The lowest BCUT2D eigenvalue weighted by atomic mass is 10.1. The number of hydrogen-bond donors (Lipinski definition) is 3. The molecule has 0 aromatic heterocycles. The molecule has 3 N–H and O–H groups in total. The minimum atomic E-state index is -0.480. The monoisotopic (exact) mass is 390 g/mol. The second-order valence-corrected chi connectivity index (χ2v) is 6.49. The Morgan fingerprint density at radius 3 is 2.75 bits per heavy atom. The summed E-state index contributed by atoms with van der Waals surface area (Å²) in [7, 11) is 1.49. The molecule has 1 aliphatic heterocycles. The number of urea groups is 1. The van der Waals surface area contributed by atoms with E-state index in [0.29, 0.717) is 38.0 Å². The first-order valence-electron chi connectivity index (χ1n) is 9.22. The van der Waals surface area contributed by atoms with E-state index in [1.165, 1.54) is 11.9 Å². The fraction of sp³-hybridized carbons (Fsp3) is 0.474. The van der Waals surface area contributed by atoms with Gasteiger partial charge in [0.25, 0.3) is 0 Å². The maximum absolute atomic E-state index is 12.0. The smallest absolute Gasteiger partial charge is 0.406 e. The summed E-state index contributed by atoms with van der Waals surface area (Å²) in [5.74, 6) is -0.368. The second kappa shape index (κ2) is 10.3. The van der Waals surface area contributed by atoms with Crippen molar-refractivity contribution in [3.63, 3.8) is 0 Å². The molecule has 152 valence electrons. The molecule has 5 amide bonds. The minimum Gasteiger partial charge on any atom is -0.450 e. The standard InChI is InChI=1S/C19H26N4O5/c1-13-6-7-15(23-9-8-17(25)22-18(23)26)11-14(13)12-21-16(24)5-3-4-10-28-19(27)20-2/h6-7,11H,3-5,8-10,12H2,1-2H3,(H,20,27)(H,21,24)(H,22,25,26). The van der Waals surface area contributed by atoms with Crippen molar-refractivity contribution < 1.29 is 23.9 Å². The van der Waals surface area contributed by atoms with Gasteiger partial charge in [0.05, 0.1) is 6.61 Å². The molecule has 1 heterocycles. The van der Waals surface area contributed by atoms with Crippen molar-refractivity contribution in [2.75, 3.05) is 25.1 Å². The summed E-state index contributed by atoms with van der Waals surface area (Å²) >= 11 is 0. The van der Waals surface area contributed by atoms with Gasteiger partial charge in [0, 0.05) is 38.7 Å². The zero-order valence-electron chi connectivity index (χ0n) is 16.2. The van der Waals surface area contributed by atoms with E-state index in [9.17, 15) is 19.2 Å². The highest BCUT2D eigenvalue weighted by atomic mass is 16.5. The van der Waals surface area contributed by atoms with Crippen molar-refractivity contribution in [2.24, 2.45) is 0 Å². The van der Waals surface area contributed by atoms with Crippen LogP contribution < -0.4 is 20.9 Å². The van der Waals surface area contributed by atoms with Gasteiger partial charge in [-0.2, -0.15) is 0 Å². The number of nitrogens with zero attached hydrogens (tertiary/aromatic N) is 1. The number of amides is 5. The first-order valence-corrected chi connectivity index (χ1v) is 9.22. The molecule has 0 unspecified atom stereocenters. The number of unbranched alkanes of at least 4 members (excludes halogenated alkanes) is 1. The van der Waals surface area contributed by atoms with E-state index in [1.54, 1.807) is 0 Å². The summed E-state index contributed by atoms with van der Waals surface area (Å²) in [5, 5.41) is 7.52. The quantitative estimate of drug-likeness (QED) is 0.583. The Morgan fingerprint density at radius 2 is 2.04 bits per heavy atom. The van der Waals surface area contributed by atoms with Gasteiger partial charge in [0.1, 0.15) is 0 Å². The van der Waals surface area contributed by atoms with Gasteiger partial charge in [-0.1, -0.05) is 6.07 Å². The van der Waals surface area contributed by atoms with Gasteiger partial charge in [-0.3, -0.25) is 19.8 Å². The van der Waals surface area contributed by atoms with E-state index in [0.717, 1.165) is 11.1 Å². The van der Waals surface area contributed by atoms with Crippen LogP contribution in [0.3, 0.4) is 0 Å². The number of imide groups is 1. The van der Waals surface area contributed by atoms with Crippen LogP contribution in [0.25, 0.3) is 0 Å². The van der Waals surface area contributed by atoms with Gasteiger partial charge in [-0.25, -0.2) is 9.59 Å². The number of anilines is 1. The Kier molecular flexibility index (Phi) is 7.79. The number of aryl methyl sites for hydroxylation is 1. The Morgan fingerprint density at radius 1 is 1.25 bits per heavy atom. The lowest BCUT2D eigenvalue weighted by Crippen LogP contribution is -2.49. The van der Waals surface area contributed by atoms with Gasteiger partial charge >= 0.3 is 12.1 Å². The van der Waals surface area contributed by atoms with E-state index in [-0.39, 0.29) is 24.8 Å². The first-order chi connectivity index (χ1) is 13.4. The molecule has 9 nitrogen and oxygen atoms in total. The zero-order chi connectivity index (χ0) is 20.5. The molecule has 0 spiro atoms. The Labute approximate surface area is 163 Å². The molecule has 0 saturated carbocycles. The van der Waals surface area contributed by atoms with Gasteiger partial charge < -0.3 is 15.4 Å². The summed E-state index contributed by atoms with van der Waals surface area (Å²) < 4.78 is 4.86. The van der Waals surface area contributed by atoms with Crippen LogP contribution in [0, 0.1) is 6.92 Å². The lowest BCUT2D eigenvalue weighted by Gasteiger charge is -2.27. The number of rotatable bonds is 8. The third kappa shape index (κ3) is 6.26. The first kappa shape index (κ1) is 21.2. The molecule has 1 aromatic rings. The fourth-order valence-electron chi connectivity index (χ4n) is 2.73. The Hall–Kier alpha value is -3.10. The van der Waals surface area contributed by atoms with Crippen molar-refractivity contribution >= 4 is 29.6 Å². The largest absolute Gasteiger partial charge is 0.450 e. The molecule has 9 heteroatoms. The van der Waals surface area contributed by atoms with Gasteiger partial charge in [-0.15, -0.1) is 0 Å². The SMILES string of the molecule is CNC(=O)OCCCCC(=O)NCc1cc(N2CCC(=O)NC2=O)ccc1C. The Balaban J connectivity index is 1.82. The van der Waals surface area contributed by atoms with Gasteiger partial charge in [-0.05, 0) is 43.0 Å². The van der Waals surface area contributed by atoms with Crippen LogP contribution in [0.4, 0.5) is 15.3 Å². The summed E-state index contributed by atoms with van der Waals surface area (Å²) in [6.45, 7) is 2.88. The van der Waals surface area contributed by atoms with Crippen LogP contribution in [0.1, 0.15) is 36.8 Å². The highest BCUT2D eigenvalue weighted by molar-refractivity contribution is 6.05. The highest BCUT2D eigenvalue weighted by Gasteiger charge is 2.24. The van der Waals surface area contributed by atoms with Crippen LogP contribution in [0.15, 0.2) is 18.2 Å². The molecule has 0 aliphatic carbocycles. The third-order valence-corrected chi connectivity index (χ3v) is 4.41. The molecule has 1 aliphatic rings. The summed E-state index contributed by atoms with van der Waals surface area (Å²) in [5.41, 5.74) is 2.58. The predicted octanol–water partition coefficient (Wildman–Crippen LogP) is 1.58. The van der Waals surface area contributed by atoms with Crippen LogP contribution >= 0.6 is 0 Å². The van der Waals surface area contributed by atoms with Crippen LogP contribution in [-0.4, -0.2) is 44.1 Å². The number of ether oxygens (including phenoxy) is 1. The van der Waals surface area contributed by atoms with Gasteiger partial charge in [0.2, 0.25) is 11.8 Å². The van der Waals surface area contributed by atoms with E-state index >= 15 is 0 Å². The predicted molar refractivity (Wildman–Crippen MR) is 103 cm³/mol. The molecule has 2 rings (SSSR count). The summed E-state index contributed by atoms with van der Waals surface area (Å²) in [4.78, 5) is 47.7. The van der Waals surface area contributed by atoms with E-state index in [1.807, 2.05) is 25.1 Å². The molecule has 1 aromatic carbocycles. The van der Waals surface area contributed by atoms with Crippen molar-refractivity contribution in [1.82, 2.24) is 16.0 Å². The van der Waals surface area contributed by atoms with Crippen LogP contribution in [0.5, 0.6) is 0 Å². The van der Waals surface area contributed by atoms with E-state index in [4.69, 9.17) is 4.74 Å². The fourth-order valence-corrected chi connectivity index (χ4v) is 2.73. The number of alkyl carbamates (subject to hydrolysis) is 1. The summed E-state index contributed by atoms with van der Waals surface area (Å²) in [6, 6.07) is 5.12. The molecular formula is C19H26N4O5. The third-order valence-electron chi connectivity index (χ3n) is 4.41. The highest BCUT2D eigenvalue weighted by Crippen LogP contribution is 2.21. The van der Waals surface area contributed by atoms with Crippen LogP contribution in [0.2, 0.25) is 0 Å². The normalized spacial score (nSPS) is 13.7. The average Bonchev–Trinajstić information content (AvgIpc) is 2.67. The molecule has 0 atom stereocenters. The molecular weight excluding hydrogens is 364 g/mol. The zero-order valence-corrected chi connectivity index (χ0v) is 16.2. The molecule has 28 heavy (non-hydrogen) atoms.